The molecule has 0 aliphatic heterocycles. The van der Waals surface area contributed by atoms with E-state index in [9.17, 15) is 0 Å². The van der Waals surface area contributed by atoms with E-state index >= 15 is 0 Å². The maximum Gasteiger partial charge on any atom is 0.0955 e. The molecule has 15 heavy (non-hydrogen) atoms. The molecule has 0 bridgehead atoms. The number of rotatable bonds is 3. The molecule has 2 aromatic rings. The molecule has 0 aliphatic rings. The van der Waals surface area contributed by atoms with E-state index in [1.165, 1.54) is 11.1 Å². The van der Waals surface area contributed by atoms with E-state index in [0.29, 0.717) is 6.04 Å². The molecule has 3 nitrogen and oxygen atoms in total. The summed E-state index contributed by atoms with van der Waals surface area (Å²) in [5.41, 5.74) is 3.56. The lowest BCUT2D eigenvalue weighted by Gasteiger charge is -2.08. The van der Waals surface area contributed by atoms with Gasteiger partial charge in [-0.15, -0.1) is 0 Å². The molecule has 0 saturated heterocycles. The molecule has 80 valence electrons. The first-order valence-electron chi connectivity index (χ1n) is 5.31. The van der Waals surface area contributed by atoms with E-state index in [2.05, 4.69) is 42.3 Å². The smallest absolute Gasteiger partial charge is 0.0955 e. The normalized spacial score (nSPS) is 11.5. The molecule has 0 fully saturated rings. The second-order valence-electron chi connectivity index (χ2n) is 4.18. The highest BCUT2D eigenvalue weighted by atomic mass is 15.0. The van der Waals surface area contributed by atoms with Gasteiger partial charge in [0.2, 0.25) is 0 Å². The number of nitrogens with one attached hydrogen (secondary N) is 1. The Labute approximate surface area is 90.1 Å². The SMILES string of the molecule is CC(C)NCc1cccc2c1ncn2C. The van der Waals surface area contributed by atoms with Gasteiger partial charge in [-0.1, -0.05) is 26.0 Å². The van der Waals surface area contributed by atoms with Crippen LogP contribution in [0.1, 0.15) is 19.4 Å². The summed E-state index contributed by atoms with van der Waals surface area (Å²) >= 11 is 0. The van der Waals surface area contributed by atoms with Crippen molar-refractivity contribution in [2.24, 2.45) is 7.05 Å². The third kappa shape index (κ3) is 2.02. The van der Waals surface area contributed by atoms with Gasteiger partial charge in [0.25, 0.3) is 0 Å². The zero-order valence-electron chi connectivity index (χ0n) is 9.49. The zero-order chi connectivity index (χ0) is 10.8. The third-order valence-corrected chi connectivity index (χ3v) is 2.54. The van der Waals surface area contributed by atoms with E-state index < -0.39 is 0 Å². The topological polar surface area (TPSA) is 29.9 Å². The van der Waals surface area contributed by atoms with Crippen LogP contribution < -0.4 is 5.32 Å². The minimum absolute atomic E-state index is 0.504. The van der Waals surface area contributed by atoms with Gasteiger partial charge in [0.1, 0.15) is 0 Å². The number of para-hydroxylation sites is 1. The molecule has 1 aromatic carbocycles. The zero-order valence-corrected chi connectivity index (χ0v) is 9.49. The second-order valence-corrected chi connectivity index (χ2v) is 4.18. The summed E-state index contributed by atoms with van der Waals surface area (Å²) in [6.07, 6.45) is 1.86. The Balaban J connectivity index is 2.34. The predicted octanol–water partition coefficient (Wildman–Crippen LogP) is 2.07. The first-order chi connectivity index (χ1) is 7.18. The quantitative estimate of drug-likeness (QED) is 0.827. The summed E-state index contributed by atoms with van der Waals surface area (Å²) in [6.45, 7) is 5.18. The maximum atomic E-state index is 4.42. The van der Waals surface area contributed by atoms with E-state index in [1.807, 2.05) is 17.9 Å². The molecular formula is C12H17N3. The first-order valence-corrected chi connectivity index (χ1v) is 5.31. The number of nitrogens with zero attached hydrogens (tertiary/aromatic N) is 2. The molecule has 0 unspecified atom stereocenters. The molecule has 1 aromatic heterocycles. The van der Waals surface area contributed by atoms with Crippen molar-refractivity contribution in [3.8, 4) is 0 Å². The lowest BCUT2D eigenvalue weighted by Crippen LogP contribution is -2.21. The van der Waals surface area contributed by atoms with E-state index in [0.717, 1.165) is 12.1 Å². The van der Waals surface area contributed by atoms with Crippen molar-refractivity contribution in [3.05, 3.63) is 30.1 Å². The summed E-state index contributed by atoms with van der Waals surface area (Å²) in [4.78, 5) is 4.42. The maximum absolute atomic E-state index is 4.42. The lowest BCUT2D eigenvalue weighted by molar-refractivity contribution is 0.590. The van der Waals surface area contributed by atoms with Crippen LogP contribution in [0.25, 0.3) is 11.0 Å². The van der Waals surface area contributed by atoms with Gasteiger partial charge in [0.05, 0.1) is 17.4 Å². The van der Waals surface area contributed by atoms with Gasteiger partial charge in [-0.3, -0.25) is 0 Å². The molecule has 0 saturated carbocycles. The highest BCUT2D eigenvalue weighted by Gasteiger charge is 2.04. The van der Waals surface area contributed by atoms with Gasteiger partial charge >= 0.3 is 0 Å². The predicted molar refractivity (Wildman–Crippen MR) is 62.7 cm³/mol. The van der Waals surface area contributed by atoms with Crippen molar-refractivity contribution < 1.29 is 0 Å². The molecule has 0 aliphatic carbocycles. The van der Waals surface area contributed by atoms with Gasteiger partial charge in [0, 0.05) is 19.6 Å². The van der Waals surface area contributed by atoms with Crippen LogP contribution in [-0.4, -0.2) is 15.6 Å². The fraction of sp³-hybridized carbons (Fsp3) is 0.417. The van der Waals surface area contributed by atoms with Crippen molar-refractivity contribution in [3.63, 3.8) is 0 Å². The first kappa shape index (κ1) is 10.2. The number of hydrogen-bond donors (Lipinski definition) is 1. The standard InChI is InChI=1S/C12H17N3/c1-9(2)13-7-10-5-4-6-11-12(10)14-8-15(11)3/h4-6,8-9,13H,7H2,1-3H3. The van der Waals surface area contributed by atoms with Gasteiger partial charge in [-0.2, -0.15) is 0 Å². The van der Waals surface area contributed by atoms with Crippen LogP contribution in [0.2, 0.25) is 0 Å². The molecule has 0 atom stereocenters. The Morgan fingerprint density at radius 3 is 2.93 bits per heavy atom. The van der Waals surface area contributed by atoms with Crippen molar-refractivity contribution >= 4 is 11.0 Å². The molecule has 3 heteroatoms. The van der Waals surface area contributed by atoms with Crippen LogP contribution >= 0.6 is 0 Å². The molecule has 0 amide bonds. The molecule has 0 radical (unpaired) electrons. The number of aromatic nitrogens is 2. The van der Waals surface area contributed by atoms with Crippen LogP contribution in [-0.2, 0) is 13.6 Å². The highest BCUT2D eigenvalue weighted by molar-refractivity contribution is 5.78. The molecule has 1 N–H and O–H groups in total. The number of benzene rings is 1. The monoisotopic (exact) mass is 203 g/mol. The van der Waals surface area contributed by atoms with Crippen LogP contribution in [0.4, 0.5) is 0 Å². The van der Waals surface area contributed by atoms with Crippen molar-refractivity contribution in [2.45, 2.75) is 26.4 Å². The van der Waals surface area contributed by atoms with Gasteiger partial charge in [-0.05, 0) is 11.6 Å². The molecule has 1 heterocycles. The van der Waals surface area contributed by atoms with Gasteiger partial charge in [-0.25, -0.2) is 4.98 Å². The Hall–Kier alpha value is -1.35. The minimum atomic E-state index is 0.504. The van der Waals surface area contributed by atoms with E-state index in [4.69, 9.17) is 0 Å². The Morgan fingerprint density at radius 2 is 2.20 bits per heavy atom. The van der Waals surface area contributed by atoms with Crippen LogP contribution in [0, 0.1) is 0 Å². The summed E-state index contributed by atoms with van der Waals surface area (Å²) in [5, 5.41) is 3.41. The van der Waals surface area contributed by atoms with Crippen molar-refractivity contribution in [1.29, 1.82) is 0 Å². The van der Waals surface area contributed by atoms with Crippen molar-refractivity contribution in [1.82, 2.24) is 14.9 Å². The molecule has 2 rings (SSSR count). The summed E-state index contributed by atoms with van der Waals surface area (Å²) in [5.74, 6) is 0. The van der Waals surface area contributed by atoms with E-state index in [-0.39, 0.29) is 0 Å². The summed E-state index contributed by atoms with van der Waals surface area (Å²) < 4.78 is 2.05. The largest absolute Gasteiger partial charge is 0.334 e. The Morgan fingerprint density at radius 1 is 1.40 bits per heavy atom. The number of hydrogen-bond acceptors (Lipinski definition) is 2. The average Bonchev–Trinajstić information content (AvgIpc) is 2.58. The third-order valence-electron chi connectivity index (χ3n) is 2.54. The summed E-state index contributed by atoms with van der Waals surface area (Å²) in [7, 11) is 2.02. The number of imidazole rings is 1. The summed E-state index contributed by atoms with van der Waals surface area (Å²) in [6, 6.07) is 6.82. The van der Waals surface area contributed by atoms with Crippen molar-refractivity contribution in [2.75, 3.05) is 0 Å². The van der Waals surface area contributed by atoms with Crippen LogP contribution in [0.3, 0.4) is 0 Å². The molecule has 0 spiro atoms. The second kappa shape index (κ2) is 4.03. The highest BCUT2D eigenvalue weighted by Crippen LogP contribution is 2.16. The van der Waals surface area contributed by atoms with Crippen LogP contribution in [0.15, 0.2) is 24.5 Å². The van der Waals surface area contributed by atoms with E-state index in [1.54, 1.807) is 0 Å². The van der Waals surface area contributed by atoms with Gasteiger partial charge in [0.15, 0.2) is 0 Å². The molecular weight excluding hydrogens is 186 g/mol. The Kier molecular flexibility index (Phi) is 2.73. The lowest BCUT2D eigenvalue weighted by atomic mass is 10.1. The number of fused-ring (bicyclic) bond motifs is 1. The average molecular weight is 203 g/mol. The minimum Gasteiger partial charge on any atom is -0.334 e. The Bertz CT molecular complexity index is 457. The fourth-order valence-corrected chi connectivity index (χ4v) is 1.67. The van der Waals surface area contributed by atoms with Gasteiger partial charge < -0.3 is 9.88 Å². The van der Waals surface area contributed by atoms with Crippen LogP contribution in [0.5, 0.6) is 0 Å². The fourth-order valence-electron chi connectivity index (χ4n) is 1.67. The number of aryl methyl sites for hydroxylation is 1.